The lowest BCUT2D eigenvalue weighted by Crippen LogP contribution is -2.26. The second-order valence-corrected chi connectivity index (χ2v) is 6.73. The van der Waals surface area contributed by atoms with Crippen LogP contribution in [0.25, 0.3) is 11.3 Å². The smallest absolute Gasteiger partial charge is 0.273 e. The van der Waals surface area contributed by atoms with Crippen molar-refractivity contribution in [2.75, 3.05) is 13.7 Å². The minimum absolute atomic E-state index is 0.102. The molecule has 1 N–H and O–H groups in total. The minimum atomic E-state index is -0.225. The van der Waals surface area contributed by atoms with E-state index in [1.807, 2.05) is 49.4 Å². The van der Waals surface area contributed by atoms with Crippen LogP contribution < -0.4 is 14.8 Å². The lowest BCUT2D eigenvalue weighted by molar-refractivity contribution is 0.0941. The zero-order valence-electron chi connectivity index (χ0n) is 15.8. The van der Waals surface area contributed by atoms with E-state index in [1.165, 1.54) is 5.56 Å². The number of amides is 1. The Labute approximate surface area is 163 Å². The van der Waals surface area contributed by atoms with Crippen LogP contribution in [0.5, 0.6) is 11.5 Å². The van der Waals surface area contributed by atoms with Crippen molar-refractivity contribution < 1.29 is 18.8 Å². The highest BCUT2D eigenvalue weighted by molar-refractivity contribution is 5.93. The van der Waals surface area contributed by atoms with Gasteiger partial charge in [-0.05, 0) is 55.3 Å². The third-order valence-corrected chi connectivity index (χ3v) is 4.82. The van der Waals surface area contributed by atoms with Crippen LogP contribution in [0.15, 0.2) is 59.1 Å². The van der Waals surface area contributed by atoms with Crippen molar-refractivity contribution in [3.8, 4) is 22.8 Å². The Bertz CT molecular complexity index is 965. The van der Waals surface area contributed by atoms with Gasteiger partial charge in [-0.15, -0.1) is 0 Å². The molecule has 1 aliphatic rings. The maximum Gasteiger partial charge on any atom is 0.273 e. The number of carbonyl (C=O) groups excluding carboxylic acids is 1. The average Bonchev–Trinajstić information content (AvgIpc) is 3.31. The number of nitrogens with zero attached hydrogens (tertiary/aromatic N) is 1. The van der Waals surface area contributed by atoms with Crippen molar-refractivity contribution in [2.45, 2.75) is 25.3 Å². The summed E-state index contributed by atoms with van der Waals surface area (Å²) in [7, 11) is 1.62. The minimum Gasteiger partial charge on any atom is -0.497 e. The van der Waals surface area contributed by atoms with Gasteiger partial charge in [0.1, 0.15) is 11.5 Å². The molecule has 2 unspecified atom stereocenters. The molecule has 144 valence electrons. The fourth-order valence-corrected chi connectivity index (χ4v) is 3.24. The van der Waals surface area contributed by atoms with Gasteiger partial charge in [-0.2, -0.15) is 0 Å². The normalized spacial score (nSPS) is 17.8. The van der Waals surface area contributed by atoms with E-state index >= 15 is 0 Å². The van der Waals surface area contributed by atoms with Crippen LogP contribution in [-0.4, -0.2) is 30.8 Å². The van der Waals surface area contributed by atoms with Gasteiger partial charge >= 0.3 is 0 Å². The summed E-state index contributed by atoms with van der Waals surface area (Å²) in [5, 5.41) is 6.94. The summed E-state index contributed by atoms with van der Waals surface area (Å²) < 4.78 is 16.0. The molecule has 0 bridgehead atoms. The maximum atomic E-state index is 12.5. The lowest BCUT2D eigenvalue weighted by atomic mass is 10.1. The van der Waals surface area contributed by atoms with E-state index < -0.39 is 0 Å². The molecule has 0 spiro atoms. The summed E-state index contributed by atoms with van der Waals surface area (Å²) in [5.74, 6) is 2.24. The molecule has 6 nitrogen and oxygen atoms in total. The number of carbonyl (C=O) groups is 1. The zero-order valence-corrected chi connectivity index (χ0v) is 15.8. The molecule has 2 atom stereocenters. The van der Waals surface area contributed by atoms with Crippen LogP contribution in [0.2, 0.25) is 0 Å². The topological polar surface area (TPSA) is 73.6 Å². The summed E-state index contributed by atoms with van der Waals surface area (Å²) in [6.45, 7) is 2.60. The van der Waals surface area contributed by atoms with E-state index in [9.17, 15) is 4.79 Å². The van der Waals surface area contributed by atoms with Gasteiger partial charge in [0.25, 0.3) is 5.91 Å². The molecule has 3 aromatic rings. The zero-order chi connectivity index (χ0) is 19.5. The van der Waals surface area contributed by atoms with Gasteiger partial charge in [0.2, 0.25) is 0 Å². The Kier molecular flexibility index (Phi) is 5.02. The molecule has 1 aliphatic carbocycles. The highest BCUT2D eigenvalue weighted by atomic mass is 16.5. The van der Waals surface area contributed by atoms with Gasteiger partial charge in [0.05, 0.1) is 13.7 Å². The van der Waals surface area contributed by atoms with Crippen molar-refractivity contribution in [3.05, 3.63) is 65.9 Å². The van der Waals surface area contributed by atoms with Gasteiger partial charge < -0.3 is 19.3 Å². The van der Waals surface area contributed by atoms with E-state index in [1.54, 1.807) is 13.2 Å². The fourth-order valence-electron chi connectivity index (χ4n) is 3.24. The van der Waals surface area contributed by atoms with E-state index in [2.05, 4.69) is 16.5 Å². The van der Waals surface area contributed by atoms with Gasteiger partial charge in [-0.3, -0.25) is 4.79 Å². The first-order valence-electron chi connectivity index (χ1n) is 9.32. The largest absolute Gasteiger partial charge is 0.497 e. The molecule has 2 aromatic carbocycles. The molecule has 0 saturated heterocycles. The highest BCUT2D eigenvalue weighted by Gasteiger charge is 2.40. The van der Waals surface area contributed by atoms with Crippen molar-refractivity contribution >= 4 is 5.91 Å². The quantitative estimate of drug-likeness (QED) is 0.672. The van der Waals surface area contributed by atoms with Crippen LogP contribution in [0.4, 0.5) is 0 Å². The number of hydrogen-bond acceptors (Lipinski definition) is 5. The first-order chi connectivity index (χ1) is 13.7. The summed E-state index contributed by atoms with van der Waals surface area (Å²) in [6.07, 6.45) is 0.907. The Morgan fingerprint density at radius 3 is 2.75 bits per heavy atom. The second kappa shape index (κ2) is 7.76. The molecule has 0 radical (unpaired) electrons. The molecule has 1 aromatic heterocycles. The Morgan fingerprint density at radius 1 is 1.18 bits per heavy atom. The molecule has 4 rings (SSSR count). The second-order valence-electron chi connectivity index (χ2n) is 6.73. The van der Waals surface area contributed by atoms with E-state index in [4.69, 9.17) is 14.0 Å². The average molecular weight is 378 g/mol. The predicted octanol–water partition coefficient (Wildman–Crippen LogP) is 4.03. The fraction of sp³-hybridized carbons (Fsp3) is 0.273. The SMILES string of the molecule is CCOc1cccc(C2CC2NC(=O)c2cc(-c3ccc(OC)cc3)on2)c1. The predicted molar refractivity (Wildman–Crippen MR) is 105 cm³/mol. The molecular formula is C22H22N2O4. The van der Waals surface area contributed by atoms with Crippen LogP contribution in [0, 0.1) is 0 Å². The van der Waals surface area contributed by atoms with Gasteiger partial charge in [-0.25, -0.2) is 0 Å². The van der Waals surface area contributed by atoms with Gasteiger partial charge in [-0.1, -0.05) is 17.3 Å². The van der Waals surface area contributed by atoms with Crippen LogP contribution in [-0.2, 0) is 0 Å². The van der Waals surface area contributed by atoms with Gasteiger partial charge in [0, 0.05) is 23.6 Å². The highest BCUT2D eigenvalue weighted by Crippen LogP contribution is 2.42. The van der Waals surface area contributed by atoms with Crippen molar-refractivity contribution in [2.24, 2.45) is 0 Å². The number of hydrogen-bond donors (Lipinski definition) is 1. The van der Waals surface area contributed by atoms with E-state index in [-0.39, 0.29) is 17.6 Å². The van der Waals surface area contributed by atoms with Crippen molar-refractivity contribution in [3.63, 3.8) is 0 Å². The van der Waals surface area contributed by atoms with Crippen molar-refractivity contribution in [1.29, 1.82) is 0 Å². The number of ether oxygens (including phenoxy) is 2. The summed E-state index contributed by atoms with van der Waals surface area (Å²) in [5.41, 5.74) is 2.29. The monoisotopic (exact) mass is 378 g/mol. The summed E-state index contributed by atoms with van der Waals surface area (Å²) in [6, 6.07) is 17.2. The molecule has 0 aliphatic heterocycles. The Morgan fingerprint density at radius 2 is 2.00 bits per heavy atom. The Hall–Kier alpha value is -3.28. The molecule has 1 fully saturated rings. The van der Waals surface area contributed by atoms with Crippen molar-refractivity contribution in [1.82, 2.24) is 10.5 Å². The third-order valence-electron chi connectivity index (χ3n) is 4.82. The number of benzene rings is 2. The number of rotatable bonds is 7. The van der Waals surface area contributed by atoms with E-state index in [0.29, 0.717) is 18.3 Å². The molecule has 1 saturated carbocycles. The maximum absolute atomic E-state index is 12.5. The van der Waals surface area contributed by atoms with Crippen LogP contribution in [0.3, 0.4) is 0 Å². The summed E-state index contributed by atoms with van der Waals surface area (Å²) >= 11 is 0. The molecule has 28 heavy (non-hydrogen) atoms. The standard InChI is InChI=1S/C22H22N2O4/c1-3-27-17-6-4-5-15(11-17)18-12-19(18)23-22(25)20-13-21(28-24-20)14-7-9-16(26-2)10-8-14/h4-11,13,18-19H,3,12H2,1-2H3,(H,23,25). The molecule has 1 heterocycles. The lowest BCUT2D eigenvalue weighted by Gasteiger charge is -2.06. The van der Waals surface area contributed by atoms with Crippen LogP contribution >= 0.6 is 0 Å². The number of nitrogens with one attached hydrogen (secondary N) is 1. The number of aromatic nitrogens is 1. The van der Waals surface area contributed by atoms with E-state index in [0.717, 1.165) is 23.5 Å². The van der Waals surface area contributed by atoms with Crippen LogP contribution in [0.1, 0.15) is 35.3 Å². The molecule has 6 heteroatoms. The van der Waals surface area contributed by atoms with Gasteiger partial charge in [0.15, 0.2) is 11.5 Å². The molecular weight excluding hydrogens is 356 g/mol. The summed E-state index contributed by atoms with van der Waals surface area (Å²) in [4.78, 5) is 12.5. The first kappa shape index (κ1) is 18.1. The first-order valence-corrected chi connectivity index (χ1v) is 9.32. The Balaban J connectivity index is 1.38. The third kappa shape index (κ3) is 3.86. The number of methoxy groups -OCH3 is 1. The molecule has 1 amide bonds.